The van der Waals surface area contributed by atoms with E-state index in [-0.39, 0.29) is 6.04 Å². The third kappa shape index (κ3) is 4.07. The standard InChI is InChI=1S/C19H16Cl3N3O/c20-15-2-4-18(21)14(7-15)10-25(17-5-6-24(11-17)12-26)16-3-1-13(9-23)19(22)8-16/h1-4,7-8,12,17H,5-6,10-11H2. The van der Waals surface area contributed by atoms with Crippen molar-refractivity contribution in [3.63, 3.8) is 0 Å². The van der Waals surface area contributed by atoms with Gasteiger partial charge in [-0.25, -0.2) is 0 Å². The fraction of sp³-hybridized carbons (Fsp3) is 0.263. The highest BCUT2D eigenvalue weighted by Gasteiger charge is 2.28. The van der Waals surface area contributed by atoms with Gasteiger partial charge >= 0.3 is 0 Å². The number of anilines is 1. The van der Waals surface area contributed by atoms with Crippen molar-refractivity contribution in [2.45, 2.75) is 19.0 Å². The molecule has 4 nitrogen and oxygen atoms in total. The first-order valence-electron chi connectivity index (χ1n) is 8.11. The van der Waals surface area contributed by atoms with E-state index in [4.69, 9.17) is 40.1 Å². The van der Waals surface area contributed by atoms with E-state index in [1.54, 1.807) is 29.2 Å². The van der Waals surface area contributed by atoms with Gasteiger partial charge in [-0.2, -0.15) is 5.26 Å². The molecule has 0 aromatic heterocycles. The molecule has 0 spiro atoms. The molecule has 0 bridgehead atoms. The Labute approximate surface area is 167 Å². The maximum absolute atomic E-state index is 11.1. The number of nitrogens with zero attached hydrogens (tertiary/aromatic N) is 3. The lowest BCUT2D eigenvalue weighted by Gasteiger charge is -2.31. The number of halogens is 3. The highest BCUT2D eigenvalue weighted by atomic mass is 35.5. The lowest BCUT2D eigenvalue weighted by molar-refractivity contribution is -0.117. The van der Waals surface area contributed by atoms with E-state index < -0.39 is 0 Å². The number of hydrogen-bond acceptors (Lipinski definition) is 3. The van der Waals surface area contributed by atoms with Gasteiger partial charge in [0.2, 0.25) is 6.41 Å². The van der Waals surface area contributed by atoms with Crippen LogP contribution in [0.3, 0.4) is 0 Å². The fourth-order valence-corrected chi connectivity index (χ4v) is 3.76. The molecule has 1 aliphatic rings. The summed E-state index contributed by atoms with van der Waals surface area (Å²) < 4.78 is 0. The third-order valence-electron chi connectivity index (χ3n) is 4.54. The summed E-state index contributed by atoms with van der Waals surface area (Å²) in [6, 6.07) is 12.9. The number of amides is 1. The van der Waals surface area contributed by atoms with Crippen molar-refractivity contribution >= 4 is 46.9 Å². The Hall–Kier alpha value is -1.93. The number of likely N-dealkylation sites (tertiary alicyclic amines) is 1. The van der Waals surface area contributed by atoms with Crippen LogP contribution < -0.4 is 4.90 Å². The quantitative estimate of drug-likeness (QED) is 0.670. The largest absolute Gasteiger partial charge is 0.362 e. The Morgan fingerprint density at radius 2 is 2.00 bits per heavy atom. The van der Waals surface area contributed by atoms with Crippen molar-refractivity contribution in [1.82, 2.24) is 4.90 Å². The van der Waals surface area contributed by atoms with Crippen molar-refractivity contribution in [2.75, 3.05) is 18.0 Å². The zero-order chi connectivity index (χ0) is 18.7. The van der Waals surface area contributed by atoms with E-state index in [0.717, 1.165) is 24.1 Å². The number of benzene rings is 2. The molecule has 1 aliphatic heterocycles. The molecule has 0 radical (unpaired) electrons. The molecule has 1 saturated heterocycles. The van der Waals surface area contributed by atoms with Crippen LogP contribution in [0, 0.1) is 11.3 Å². The summed E-state index contributed by atoms with van der Waals surface area (Å²) in [5.41, 5.74) is 2.20. The molecule has 1 heterocycles. The molecule has 1 atom stereocenters. The highest BCUT2D eigenvalue weighted by molar-refractivity contribution is 6.33. The lowest BCUT2D eigenvalue weighted by Crippen LogP contribution is -2.37. The molecule has 7 heteroatoms. The molecule has 2 aromatic rings. The predicted molar refractivity (Wildman–Crippen MR) is 105 cm³/mol. The van der Waals surface area contributed by atoms with Gasteiger partial charge in [0, 0.05) is 41.4 Å². The molecule has 1 amide bonds. The van der Waals surface area contributed by atoms with Crippen LogP contribution in [0.4, 0.5) is 5.69 Å². The van der Waals surface area contributed by atoms with Crippen LogP contribution >= 0.6 is 34.8 Å². The number of carbonyl (C=O) groups is 1. The second-order valence-corrected chi connectivity index (χ2v) is 7.43. The van der Waals surface area contributed by atoms with E-state index >= 15 is 0 Å². The Kier molecular flexibility index (Phi) is 5.93. The van der Waals surface area contributed by atoms with Gasteiger partial charge in [0.15, 0.2) is 0 Å². The molecular weight excluding hydrogens is 393 g/mol. The minimum atomic E-state index is 0.124. The maximum atomic E-state index is 11.1. The van der Waals surface area contributed by atoms with Crippen LogP contribution in [0.5, 0.6) is 0 Å². The third-order valence-corrected chi connectivity index (χ3v) is 5.45. The van der Waals surface area contributed by atoms with Crippen molar-refractivity contribution in [3.8, 4) is 6.07 Å². The molecule has 0 N–H and O–H groups in total. The summed E-state index contributed by atoms with van der Waals surface area (Å²) in [5.74, 6) is 0. The summed E-state index contributed by atoms with van der Waals surface area (Å²) in [6.07, 6.45) is 1.71. The fourth-order valence-electron chi connectivity index (χ4n) is 3.17. The molecule has 2 aromatic carbocycles. The second-order valence-electron chi connectivity index (χ2n) is 6.18. The Morgan fingerprint density at radius 1 is 1.19 bits per heavy atom. The topological polar surface area (TPSA) is 47.3 Å². The van der Waals surface area contributed by atoms with Gasteiger partial charge in [0.05, 0.1) is 10.6 Å². The minimum absolute atomic E-state index is 0.124. The summed E-state index contributed by atoms with van der Waals surface area (Å²) in [7, 11) is 0. The maximum Gasteiger partial charge on any atom is 0.209 e. The molecule has 1 fully saturated rings. The average molecular weight is 409 g/mol. The first-order chi connectivity index (χ1) is 12.5. The van der Waals surface area contributed by atoms with Gasteiger partial charge in [-0.3, -0.25) is 4.79 Å². The first kappa shape index (κ1) is 18.8. The number of rotatable bonds is 5. The van der Waals surface area contributed by atoms with Gasteiger partial charge < -0.3 is 9.80 Å². The second kappa shape index (κ2) is 8.18. The Morgan fingerprint density at radius 3 is 2.65 bits per heavy atom. The zero-order valence-corrected chi connectivity index (χ0v) is 16.1. The van der Waals surface area contributed by atoms with Crippen LogP contribution in [0.25, 0.3) is 0 Å². The van der Waals surface area contributed by atoms with Crippen LogP contribution in [0.2, 0.25) is 15.1 Å². The number of carbonyl (C=O) groups excluding carboxylic acids is 1. The molecule has 0 aliphatic carbocycles. The summed E-state index contributed by atoms with van der Waals surface area (Å²) in [4.78, 5) is 15.0. The molecule has 1 unspecified atom stereocenters. The van der Waals surface area contributed by atoms with Gasteiger partial charge in [0.25, 0.3) is 0 Å². The predicted octanol–water partition coefficient (Wildman–Crippen LogP) is 4.76. The smallest absolute Gasteiger partial charge is 0.209 e. The molecule has 0 saturated carbocycles. The van der Waals surface area contributed by atoms with Gasteiger partial charge in [-0.05, 0) is 48.4 Å². The van der Waals surface area contributed by atoms with E-state index in [2.05, 4.69) is 11.0 Å². The highest BCUT2D eigenvalue weighted by Crippen LogP contribution is 2.31. The monoisotopic (exact) mass is 407 g/mol. The normalized spacial score (nSPS) is 16.4. The Balaban J connectivity index is 1.96. The van der Waals surface area contributed by atoms with E-state index in [1.807, 2.05) is 12.1 Å². The van der Waals surface area contributed by atoms with E-state index in [9.17, 15) is 4.79 Å². The van der Waals surface area contributed by atoms with Crippen molar-refractivity contribution < 1.29 is 4.79 Å². The van der Waals surface area contributed by atoms with Crippen molar-refractivity contribution in [1.29, 1.82) is 5.26 Å². The van der Waals surface area contributed by atoms with Crippen LogP contribution in [0.15, 0.2) is 36.4 Å². The SMILES string of the molecule is N#Cc1ccc(N(Cc2cc(Cl)ccc2Cl)C2CCN(C=O)C2)cc1Cl. The molecule has 26 heavy (non-hydrogen) atoms. The summed E-state index contributed by atoms with van der Waals surface area (Å²) in [6.45, 7) is 1.86. The van der Waals surface area contributed by atoms with Crippen LogP contribution in [-0.4, -0.2) is 30.4 Å². The zero-order valence-electron chi connectivity index (χ0n) is 13.8. The van der Waals surface area contributed by atoms with Crippen LogP contribution in [-0.2, 0) is 11.3 Å². The van der Waals surface area contributed by atoms with Gasteiger partial charge in [0.1, 0.15) is 6.07 Å². The van der Waals surface area contributed by atoms with E-state index in [0.29, 0.717) is 40.3 Å². The van der Waals surface area contributed by atoms with Crippen molar-refractivity contribution in [2.24, 2.45) is 0 Å². The summed E-state index contributed by atoms with van der Waals surface area (Å²) in [5, 5.41) is 10.7. The molecular formula is C19H16Cl3N3O. The minimum Gasteiger partial charge on any atom is -0.362 e. The molecule has 134 valence electrons. The van der Waals surface area contributed by atoms with Crippen LogP contribution in [0.1, 0.15) is 17.5 Å². The molecule has 3 rings (SSSR count). The summed E-state index contributed by atoms with van der Waals surface area (Å²) >= 11 is 18.7. The number of nitriles is 1. The first-order valence-corrected chi connectivity index (χ1v) is 9.24. The van der Waals surface area contributed by atoms with Gasteiger partial charge in [-0.15, -0.1) is 0 Å². The van der Waals surface area contributed by atoms with E-state index in [1.165, 1.54) is 0 Å². The lowest BCUT2D eigenvalue weighted by atomic mass is 10.1. The van der Waals surface area contributed by atoms with Gasteiger partial charge in [-0.1, -0.05) is 34.8 Å². The average Bonchev–Trinajstić information content (AvgIpc) is 3.11. The number of hydrogen-bond donors (Lipinski definition) is 0. The Bertz CT molecular complexity index is 866. The van der Waals surface area contributed by atoms with Crippen molar-refractivity contribution in [3.05, 3.63) is 62.6 Å².